The summed E-state index contributed by atoms with van der Waals surface area (Å²) in [6, 6.07) is 14.7. The molecule has 0 fully saturated rings. The Labute approximate surface area is 154 Å². The number of ether oxygens (including phenoxy) is 1. The predicted octanol–water partition coefficient (Wildman–Crippen LogP) is 4.25. The Morgan fingerprint density at radius 2 is 1.54 bits per heavy atom. The highest BCUT2D eigenvalue weighted by Crippen LogP contribution is 2.24. The normalized spacial score (nSPS) is 10.9. The number of carbonyl (C=O) groups is 2. The Bertz CT molecular complexity index is 767. The highest BCUT2D eigenvalue weighted by molar-refractivity contribution is 6.14. The number of para-hydroxylation sites is 1. The predicted molar refractivity (Wildman–Crippen MR) is 104 cm³/mol. The zero-order chi connectivity index (χ0) is 19.2. The monoisotopic (exact) mass is 354 g/mol. The summed E-state index contributed by atoms with van der Waals surface area (Å²) in [6.07, 6.45) is 0.801. The van der Waals surface area contributed by atoms with E-state index in [0.717, 1.165) is 23.4 Å². The van der Waals surface area contributed by atoms with Crippen molar-refractivity contribution >= 4 is 23.2 Å². The van der Waals surface area contributed by atoms with Gasteiger partial charge in [-0.25, -0.2) is 0 Å². The van der Waals surface area contributed by atoms with Crippen molar-refractivity contribution in [2.75, 3.05) is 17.2 Å². The molecule has 0 heterocycles. The first-order chi connectivity index (χ1) is 12.4. The van der Waals surface area contributed by atoms with Crippen LogP contribution >= 0.6 is 0 Å². The van der Waals surface area contributed by atoms with Gasteiger partial charge in [0.25, 0.3) is 0 Å². The standard InChI is InChI=1S/C21H26N2O3/c1-5-15-9-7-8-10-18(15)23-20(25)21(3,4)19(24)22-16-11-13-17(14-12-16)26-6-2/h7-14H,5-6H2,1-4H3,(H,22,24)(H,23,25). The van der Waals surface area contributed by atoms with Crippen molar-refractivity contribution in [3.05, 3.63) is 54.1 Å². The van der Waals surface area contributed by atoms with E-state index in [0.29, 0.717) is 12.3 Å². The Hall–Kier alpha value is -2.82. The van der Waals surface area contributed by atoms with Crippen LogP contribution in [0, 0.1) is 5.41 Å². The first-order valence-corrected chi connectivity index (χ1v) is 8.82. The van der Waals surface area contributed by atoms with Gasteiger partial charge in [0.2, 0.25) is 11.8 Å². The van der Waals surface area contributed by atoms with E-state index in [1.165, 1.54) is 0 Å². The lowest BCUT2D eigenvalue weighted by Gasteiger charge is -2.23. The number of hydrogen-bond acceptors (Lipinski definition) is 3. The topological polar surface area (TPSA) is 67.4 Å². The van der Waals surface area contributed by atoms with E-state index in [-0.39, 0.29) is 11.8 Å². The van der Waals surface area contributed by atoms with E-state index >= 15 is 0 Å². The molecule has 0 aromatic heterocycles. The zero-order valence-corrected chi connectivity index (χ0v) is 15.8. The lowest BCUT2D eigenvalue weighted by atomic mass is 9.90. The summed E-state index contributed by atoms with van der Waals surface area (Å²) in [5.74, 6) is 0.0219. The summed E-state index contributed by atoms with van der Waals surface area (Å²) in [4.78, 5) is 25.3. The Morgan fingerprint density at radius 3 is 2.15 bits per heavy atom. The third-order valence-corrected chi connectivity index (χ3v) is 4.20. The maximum Gasteiger partial charge on any atom is 0.239 e. The van der Waals surface area contributed by atoms with Crippen LogP contribution in [0.25, 0.3) is 0 Å². The van der Waals surface area contributed by atoms with Crippen LogP contribution < -0.4 is 15.4 Å². The second-order valence-corrected chi connectivity index (χ2v) is 6.50. The molecule has 0 aliphatic rings. The van der Waals surface area contributed by atoms with Crippen LogP contribution in [-0.4, -0.2) is 18.4 Å². The highest BCUT2D eigenvalue weighted by atomic mass is 16.5. The van der Waals surface area contributed by atoms with E-state index in [1.54, 1.807) is 38.1 Å². The molecule has 0 bridgehead atoms. The maximum absolute atomic E-state index is 12.7. The first-order valence-electron chi connectivity index (χ1n) is 8.82. The summed E-state index contributed by atoms with van der Waals surface area (Å²) in [5.41, 5.74) is 1.17. The molecule has 0 saturated carbocycles. The van der Waals surface area contributed by atoms with E-state index < -0.39 is 5.41 Å². The van der Waals surface area contributed by atoms with Crippen LogP contribution in [0.5, 0.6) is 5.75 Å². The average Bonchev–Trinajstić information content (AvgIpc) is 2.63. The summed E-state index contributed by atoms with van der Waals surface area (Å²) in [6.45, 7) is 7.74. The van der Waals surface area contributed by atoms with Crippen molar-refractivity contribution in [3.63, 3.8) is 0 Å². The molecule has 0 unspecified atom stereocenters. The number of benzene rings is 2. The van der Waals surface area contributed by atoms with E-state index in [1.807, 2.05) is 38.1 Å². The van der Waals surface area contributed by atoms with Crippen LogP contribution in [0.3, 0.4) is 0 Å². The average molecular weight is 354 g/mol. The minimum absolute atomic E-state index is 0.346. The van der Waals surface area contributed by atoms with Gasteiger partial charge in [0.1, 0.15) is 11.2 Å². The second-order valence-electron chi connectivity index (χ2n) is 6.50. The molecule has 0 saturated heterocycles. The molecule has 2 aromatic rings. The molecule has 2 amide bonds. The molecule has 5 heteroatoms. The van der Waals surface area contributed by atoms with Gasteiger partial charge in [-0.15, -0.1) is 0 Å². The largest absolute Gasteiger partial charge is 0.494 e. The third-order valence-electron chi connectivity index (χ3n) is 4.20. The molecule has 0 spiro atoms. The maximum atomic E-state index is 12.7. The minimum Gasteiger partial charge on any atom is -0.494 e. The molecule has 26 heavy (non-hydrogen) atoms. The molecule has 2 aromatic carbocycles. The van der Waals surface area contributed by atoms with Gasteiger partial charge in [-0.05, 0) is 63.1 Å². The lowest BCUT2D eigenvalue weighted by Crippen LogP contribution is -2.41. The van der Waals surface area contributed by atoms with Crippen LogP contribution in [0.4, 0.5) is 11.4 Å². The van der Waals surface area contributed by atoms with E-state index in [2.05, 4.69) is 10.6 Å². The summed E-state index contributed by atoms with van der Waals surface area (Å²) >= 11 is 0. The zero-order valence-electron chi connectivity index (χ0n) is 15.8. The minimum atomic E-state index is -1.22. The van der Waals surface area contributed by atoms with Crippen LogP contribution in [-0.2, 0) is 16.0 Å². The molecular weight excluding hydrogens is 328 g/mol. The quantitative estimate of drug-likeness (QED) is 0.731. The van der Waals surface area contributed by atoms with Crippen molar-refractivity contribution in [2.24, 2.45) is 5.41 Å². The number of amides is 2. The lowest BCUT2D eigenvalue weighted by molar-refractivity contribution is -0.135. The first kappa shape index (κ1) is 19.5. The van der Waals surface area contributed by atoms with Gasteiger partial charge in [0.05, 0.1) is 6.61 Å². The number of rotatable bonds is 7. The van der Waals surface area contributed by atoms with E-state index in [4.69, 9.17) is 4.74 Å². The molecule has 0 aliphatic heterocycles. The summed E-state index contributed by atoms with van der Waals surface area (Å²) in [7, 11) is 0. The van der Waals surface area contributed by atoms with E-state index in [9.17, 15) is 9.59 Å². The fourth-order valence-electron chi connectivity index (χ4n) is 2.42. The van der Waals surface area contributed by atoms with Crippen LogP contribution in [0.2, 0.25) is 0 Å². The highest BCUT2D eigenvalue weighted by Gasteiger charge is 2.36. The summed E-state index contributed by atoms with van der Waals surface area (Å²) in [5, 5.41) is 5.67. The molecule has 5 nitrogen and oxygen atoms in total. The van der Waals surface area contributed by atoms with Crippen molar-refractivity contribution in [1.29, 1.82) is 0 Å². The summed E-state index contributed by atoms with van der Waals surface area (Å²) < 4.78 is 5.38. The van der Waals surface area contributed by atoms with Gasteiger partial charge in [-0.3, -0.25) is 9.59 Å². The van der Waals surface area contributed by atoms with Crippen LogP contribution in [0.1, 0.15) is 33.3 Å². The van der Waals surface area contributed by atoms with Gasteiger partial charge in [0.15, 0.2) is 0 Å². The van der Waals surface area contributed by atoms with Crippen molar-refractivity contribution in [2.45, 2.75) is 34.1 Å². The number of aryl methyl sites for hydroxylation is 1. The number of anilines is 2. The fourth-order valence-corrected chi connectivity index (χ4v) is 2.42. The van der Waals surface area contributed by atoms with Gasteiger partial charge in [-0.1, -0.05) is 25.1 Å². The molecule has 2 rings (SSSR count). The van der Waals surface area contributed by atoms with Gasteiger partial charge < -0.3 is 15.4 Å². The smallest absolute Gasteiger partial charge is 0.239 e. The Balaban J connectivity index is 2.07. The van der Waals surface area contributed by atoms with Crippen molar-refractivity contribution in [1.82, 2.24) is 0 Å². The number of hydrogen-bond donors (Lipinski definition) is 2. The number of carbonyl (C=O) groups excluding carboxylic acids is 2. The molecule has 0 radical (unpaired) electrons. The van der Waals surface area contributed by atoms with Crippen molar-refractivity contribution in [3.8, 4) is 5.75 Å². The second kappa shape index (κ2) is 8.52. The third kappa shape index (κ3) is 4.63. The SMILES string of the molecule is CCOc1ccc(NC(=O)C(C)(C)C(=O)Nc2ccccc2CC)cc1. The fraction of sp³-hybridized carbons (Fsp3) is 0.333. The molecule has 138 valence electrons. The molecule has 0 atom stereocenters. The number of nitrogens with one attached hydrogen (secondary N) is 2. The Kier molecular flexibility index (Phi) is 6.39. The van der Waals surface area contributed by atoms with Gasteiger partial charge in [0, 0.05) is 11.4 Å². The van der Waals surface area contributed by atoms with Crippen LogP contribution in [0.15, 0.2) is 48.5 Å². The van der Waals surface area contributed by atoms with Gasteiger partial charge >= 0.3 is 0 Å². The Morgan fingerprint density at radius 1 is 0.923 bits per heavy atom. The molecule has 2 N–H and O–H groups in total. The molecular formula is C21H26N2O3. The molecule has 0 aliphatic carbocycles. The van der Waals surface area contributed by atoms with Crippen molar-refractivity contribution < 1.29 is 14.3 Å². The van der Waals surface area contributed by atoms with Gasteiger partial charge in [-0.2, -0.15) is 0 Å².